The van der Waals surface area contributed by atoms with Crippen molar-refractivity contribution in [3.05, 3.63) is 59.7 Å². The minimum atomic E-state index is -4.59. The number of hydrogen-bond donors (Lipinski definition) is 2. The largest absolute Gasteiger partial charge is 0.418 e. The van der Waals surface area contributed by atoms with Crippen LogP contribution in [0.1, 0.15) is 18.1 Å². The van der Waals surface area contributed by atoms with E-state index >= 15 is 0 Å². The van der Waals surface area contributed by atoms with Gasteiger partial charge in [0.05, 0.1) is 11.3 Å². The Morgan fingerprint density at radius 2 is 1.74 bits per heavy atom. The Hall–Kier alpha value is -3.03. The number of urea groups is 1. The van der Waals surface area contributed by atoms with E-state index in [9.17, 15) is 22.8 Å². The molecular weight excluding hydrogens is 359 g/mol. The highest BCUT2D eigenvalue weighted by Crippen LogP contribution is 2.34. The molecule has 5 nitrogen and oxygen atoms in total. The van der Waals surface area contributed by atoms with Crippen molar-refractivity contribution in [3.63, 3.8) is 0 Å². The van der Waals surface area contributed by atoms with Gasteiger partial charge in [-0.05, 0) is 37.1 Å². The Labute approximate surface area is 154 Å². The topological polar surface area (TPSA) is 61.4 Å². The van der Waals surface area contributed by atoms with Gasteiger partial charge in [0, 0.05) is 12.2 Å². The zero-order valence-corrected chi connectivity index (χ0v) is 14.5. The normalized spacial score (nSPS) is 14.4. The average Bonchev–Trinajstić information content (AvgIpc) is 3.04. The first-order chi connectivity index (χ1) is 12.8. The SMILES string of the molecule is CC(NC(=O)Nc1ccccc1C(F)(F)F)C(=O)N1CCc2ccccc21. The Morgan fingerprint density at radius 3 is 2.48 bits per heavy atom. The second kappa shape index (κ2) is 7.30. The first-order valence-electron chi connectivity index (χ1n) is 8.40. The molecule has 1 unspecified atom stereocenters. The second-order valence-electron chi connectivity index (χ2n) is 6.23. The van der Waals surface area contributed by atoms with Crippen LogP contribution < -0.4 is 15.5 Å². The van der Waals surface area contributed by atoms with Gasteiger partial charge in [0.2, 0.25) is 5.91 Å². The van der Waals surface area contributed by atoms with Gasteiger partial charge in [0.1, 0.15) is 6.04 Å². The van der Waals surface area contributed by atoms with Gasteiger partial charge >= 0.3 is 12.2 Å². The van der Waals surface area contributed by atoms with Crippen molar-refractivity contribution < 1.29 is 22.8 Å². The molecule has 1 aliphatic rings. The highest BCUT2D eigenvalue weighted by atomic mass is 19.4. The Morgan fingerprint density at radius 1 is 1.07 bits per heavy atom. The maximum absolute atomic E-state index is 13.0. The van der Waals surface area contributed by atoms with Crippen molar-refractivity contribution >= 4 is 23.3 Å². The lowest BCUT2D eigenvalue weighted by Gasteiger charge is -2.23. The van der Waals surface area contributed by atoms with Crippen molar-refractivity contribution in [2.45, 2.75) is 25.6 Å². The third-order valence-electron chi connectivity index (χ3n) is 4.35. The van der Waals surface area contributed by atoms with Crippen LogP contribution in [-0.2, 0) is 17.4 Å². The molecule has 1 heterocycles. The number of carbonyl (C=O) groups excluding carboxylic acids is 2. The summed E-state index contributed by atoms with van der Waals surface area (Å²) in [5.74, 6) is -0.320. The number of nitrogens with one attached hydrogen (secondary N) is 2. The van der Waals surface area contributed by atoms with Crippen LogP contribution in [0, 0.1) is 0 Å². The van der Waals surface area contributed by atoms with E-state index in [2.05, 4.69) is 10.6 Å². The number of para-hydroxylation sites is 2. The molecule has 0 saturated carbocycles. The maximum Gasteiger partial charge on any atom is 0.418 e. The standard InChI is InChI=1S/C19H18F3N3O2/c1-12(17(26)25-11-10-13-6-2-5-9-16(13)25)23-18(27)24-15-8-4-3-7-14(15)19(20,21)22/h2-9,12H,10-11H2,1H3,(H2,23,24,27). The number of nitrogens with zero attached hydrogens (tertiary/aromatic N) is 1. The first-order valence-corrected chi connectivity index (χ1v) is 8.40. The molecular formula is C19H18F3N3O2. The molecule has 8 heteroatoms. The van der Waals surface area contributed by atoms with Crippen LogP contribution in [-0.4, -0.2) is 24.5 Å². The summed E-state index contributed by atoms with van der Waals surface area (Å²) in [6.07, 6.45) is -3.87. The Bertz CT molecular complexity index is 867. The lowest BCUT2D eigenvalue weighted by Crippen LogP contribution is -2.48. The molecule has 0 bridgehead atoms. The Kier molecular flexibility index (Phi) is 5.07. The summed E-state index contributed by atoms with van der Waals surface area (Å²) in [5.41, 5.74) is 0.516. The number of anilines is 2. The summed E-state index contributed by atoms with van der Waals surface area (Å²) in [7, 11) is 0. The van der Waals surface area contributed by atoms with E-state index in [4.69, 9.17) is 0 Å². The van der Waals surface area contributed by atoms with Gasteiger partial charge in [-0.3, -0.25) is 4.79 Å². The van der Waals surface area contributed by atoms with Crippen molar-refractivity contribution in [3.8, 4) is 0 Å². The molecule has 0 fully saturated rings. The summed E-state index contributed by atoms with van der Waals surface area (Å²) in [6, 6.07) is 10.4. The number of fused-ring (bicyclic) bond motifs is 1. The maximum atomic E-state index is 13.0. The summed E-state index contributed by atoms with van der Waals surface area (Å²) in [4.78, 5) is 26.3. The molecule has 3 rings (SSSR count). The van der Waals surface area contributed by atoms with Gasteiger partial charge in [0.15, 0.2) is 0 Å². The van der Waals surface area contributed by atoms with Gasteiger partial charge in [-0.1, -0.05) is 30.3 Å². The average molecular weight is 377 g/mol. The fourth-order valence-corrected chi connectivity index (χ4v) is 3.06. The van der Waals surface area contributed by atoms with Crippen LogP contribution >= 0.6 is 0 Å². The third kappa shape index (κ3) is 4.05. The highest BCUT2D eigenvalue weighted by molar-refractivity contribution is 6.01. The number of carbonyl (C=O) groups is 2. The minimum absolute atomic E-state index is 0.320. The van der Waals surface area contributed by atoms with Crippen molar-refractivity contribution in [1.29, 1.82) is 0 Å². The number of amides is 3. The van der Waals surface area contributed by atoms with Gasteiger partial charge < -0.3 is 15.5 Å². The number of hydrogen-bond acceptors (Lipinski definition) is 2. The van der Waals surface area contributed by atoms with Crippen LogP contribution in [0.3, 0.4) is 0 Å². The van der Waals surface area contributed by atoms with Crippen LogP contribution in [0.25, 0.3) is 0 Å². The van der Waals surface area contributed by atoms with E-state index in [0.29, 0.717) is 6.54 Å². The van der Waals surface area contributed by atoms with E-state index in [1.165, 1.54) is 19.1 Å². The third-order valence-corrected chi connectivity index (χ3v) is 4.35. The van der Waals surface area contributed by atoms with Crippen LogP contribution in [0.15, 0.2) is 48.5 Å². The van der Waals surface area contributed by atoms with Gasteiger partial charge in [-0.2, -0.15) is 13.2 Å². The quantitative estimate of drug-likeness (QED) is 0.855. The summed E-state index contributed by atoms with van der Waals surface area (Å²) >= 11 is 0. The lowest BCUT2D eigenvalue weighted by atomic mass is 10.1. The smallest absolute Gasteiger partial charge is 0.326 e. The monoisotopic (exact) mass is 377 g/mol. The van der Waals surface area contributed by atoms with Crippen LogP contribution in [0.5, 0.6) is 0 Å². The van der Waals surface area contributed by atoms with Crippen molar-refractivity contribution in [2.75, 3.05) is 16.8 Å². The van der Waals surface area contributed by atoms with E-state index in [1.54, 1.807) is 4.90 Å². The molecule has 3 amide bonds. The minimum Gasteiger partial charge on any atom is -0.326 e. The molecule has 1 aliphatic heterocycles. The zero-order valence-electron chi connectivity index (χ0n) is 14.5. The Balaban J connectivity index is 1.66. The van der Waals surface area contributed by atoms with E-state index in [-0.39, 0.29) is 11.6 Å². The molecule has 0 saturated heterocycles. The first kappa shape index (κ1) is 18.8. The molecule has 2 aromatic rings. The summed E-state index contributed by atoms with van der Waals surface area (Å²) < 4.78 is 39.0. The fraction of sp³-hybridized carbons (Fsp3) is 0.263. The molecule has 1 atom stereocenters. The second-order valence-corrected chi connectivity index (χ2v) is 6.23. The van der Waals surface area contributed by atoms with Gasteiger partial charge in [-0.15, -0.1) is 0 Å². The highest BCUT2D eigenvalue weighted by Gasteiger charge is 2.34. The van der Waals surface area contributed by atoms with E-state index < -0.39 is 23.8 Å². The molecule has 0 spiro atoms. The molecule has 0 radical (unpaired) electrons. The number of benzene rings is 2. The molecule has 27 heavy (non-hydrogen) atoms. The predicted octanol–water partition coefficient (Wildman–Crippen LogP) is 3.80. The predicted molar refractivity (Wildman–Crippen MR) is 95.6 cm³/mol. The molecule has 0 aliphatic carbocycles. The van der Waals surface area contributed by atoms with E-state index in [1.807, 2.05) is 24.3 Å². The number of halogens is 3. The number of alkyl halides is 3. The fourth-order valence-electron chi connectivity index (χ4n) is 3.06. The van der Waals surface area contributed by atoms with Crippen LogP contribution in [0.2, 0.25) is 0 Å². The lowest BCUT2D eigenvalue weighted by molar-refractivity contribution is -0.137. The number of rotatable bonds is 3. The molecule has 2 N–H and O–H groups in total. The van der Waals surface area contributed by atoms with E-state index in [0.717, 1.165) is 29.8 Å². The molecule has 0 aromatic heterocycles. The molecule has 142 valence electrons. The van der Waals surface area contributed by atoms with Crippen LogP contribution in [0.4, 0.5) is 29.3 Å². The van der Waals surface area contributed by atoms with Crippen molar-refractivity contribution in [1.82, 2.24) is 5.32 Å². The van der Waals surface area contributed by atoms with Gasteiger partial charge in [-0.25, -0.2) is 4.79 Å². The summed E-state index contributed by atoms with van der Waals surface area (Å²) in [6.45, 7) is 2.00. The zero-order chi connectivity index (χ0) is 19.6. The van der Waals surface area contributed by atoms with Crippen molar-refractivity contribution in [2.24, 2.45) is 0 Å². The molecule has 2 aromatic carbocycles. The summed E-state index contributed by atoms with van der Waals surface area (Å²) in [5, 5.41) is 4.58. The van der Waals surface area contributed by atoms with Gasteiger partial charge in [0.25, 0.3) is 0 Å².